The van der Waals surface area contributed by atoms with Crippen molar-refractivity contribution in [3.63, 3.8) is 0 Å². The highest BCUT2D eigenvalue weighted by Gasteiger charge is 2.29. The molecule has 0 saturated carbocycles. The molecular weight excluding hydrogens is 436 g/mol. The van der Waals surface area contributed by atoms with Crippen molar-refractivity contribution in [3.05, 3.63) is 52.5 Å². The van der Waals surface area contributed by atoms with Gasteiger partial charge in [0, 0.05) is 6.07 Å². The summed E-state index contributed by atoms with van der Waals surface area (Å²) >= 11 is 3.18. The SMILES string of the molecule is COC(=O)CN(c1ccc(F)c(F)c1)S(=O)(=O)c1ccc(OC)c(Br)c1. The summed E-state index contributed by atoms with van der Waals surface area (Å²) in [4.78, 5) is 11.5. The van der Waals surface area contributed by atoms with Gasteiger partial charge in [-0.1, -0.05) is 0 Å². The van der Waals surface area contributed by atoms with Crippen LogP contribution >= 0.6 is 15.9 Å². The predicted octanol–water partition coefficient (Wildman–Crippen LogP) is 3.10. The lowest BCUT2D eigenvalue weighted by molar-refractivity contribution is -0.138. The molecule has 26 heavy (non-hydrogen) atoms. The number of sulfonamides is 1. The molecule has 0 unspecified atom stereocenters. The summed E-state index contributed by atoms with van der Waals surface area (Å²) in [5, 5.41) is 0. The van der Waals surface area contributed by atoms with Crippen LogP contribution in [-0.4, -0.2) is 35.2 Å². The molecule has 2 aromatic carbocycles. The molecule has 0 aliphatic rings. The zero-order valence-corrected chi connectivity index (χ0v) is 16.1. The molecular formula is C16H14BrF2NO5S. The molecule has 0 saturated heterocycles. The molecule has 10 heteroatoms. The van der Waals surface area contributed by atoms with Crippen LogP contribution in [0.5, 0.6) is 5.75 Å². The van der Waals surface area contributed by atoms with Crippen molar-refractivity contribution in [1.29, 1.82) is 0 Å². The molecule has 6 nitrogen and oxygen atoms in total. The topological polar surface area (TPSA) is 72.9 Å². The number of rotatable bonds is 6. The maximum Gasteiger partial charge on any atom is 0.326 e. The molecule has 0 aromatic heterocycles. The first-order chi connectivity index (χ1) is 12.2. The normalized spacial score (nSPS) is 11.1. The highest BCUT2D eigenvalue weighted by atomic mass is 79.9. The number of esters is 1. The van der Waals surface area contributed by atoms with Gasteiger partial charge in [0.15, 0.2) is 11.6 Å². The number of halogens is 3. The fourth-order valence-electron chi connectivity index (χ4n) is 2.07. The number of methoxy groups -OCH3 is 2. The highest BCUT2D eigenvalue weighted by molar-refractivity contribution is 9.10. The van der Waals surface area contributed by atoms with Crippen LogP contribution in [-0.2, 0) is 19.6 Å². The van der Waals surface area contributed by atoms with E-state index in [0.717, 1.165) is 19.2 Å². The van der Waals surface area contributed by atoms with E-state index in [1.54, 1.807) is 0 Å². The fourth-order valence-corrected chi connectivity index (χ4v) is 4.19. The third-order valence-corrected chi connectivity index (χ3v) is 5.79. The Morgan fingerprint density at radius 2 is 1.81 bits per heavy atom. The first-order valence-corrected chi connectivity index (χ1v) is 9.32. The second kappa shape index (κ2) is 8.00. The molecule has 140 valence electrons. The van der Waals surface area contributed by atoms with Crippen molar-refractivity contribution in [1.82, 2.24) is 0 Å². The Balaban J connectivity index is 2.57. The smallest absolute Gasteiger partial charge is 0.326 e. The lowest BCUT2D eigenvalue weighted by atomic mass is 10.3. The molecule has 0 amide bonds. The van der Waals surface area contributed by atoms with Gasteiger partial charge in [-0.2, -0.15) is 0 Å². The first kappa shape index (κ1) is 20.1. The fraction of sp³-hybridized carbons (Fsp3) is 0.188. The van der Waals surface area contributed by atoms with Gasteiger partial charge in [0.1, 0.15) is 12.3 Å². The van der Waals surface area contributed by atoms with E-state index >= 15 is 0 Å². The lowest BCUT2D eigenvalue weighted by Gasteiger charge is -2.23. The Kier molecular flexibility index (Phi) is 6.19. The highest BCUT2D eigenvalue weighted by Crippen LogP contribution is 2.31. The van der Waals surface area contributed by atoms with Crippen molar-refractivity contribution >= 4 is 37.6 Å². The minimum atomic E-state index is -4.28. The van der Waals surface area contributed by atoms with Crippen molar-refractivity contribution in [2.45, 2.75) is 4.90 Å². The average molecular weight is 450 g/mol. The van der Waals surface area contributed by atoms with Crippen LogP contribution in [0.4, 0.5) is 14.5 Å². The number of anilines is 1. The molecule has 0 N–H and O–H groups in total. The molecule has 0 aliphatic carbocycles. The maximum atomic E-state index is 13.6. The molecule has 2 aromatic rings. The van der Waals surface area contributed by atoms with E-state index in [1.165, 1.54) is 25.3 Å². The third-order valence-electron chi connectivity index (χ3n) is 3.40. The minimum Gasteiger partial charge on any atom is -0.496 e. The van der Waals surface area contributed by atoms with Gasteiger partial charge >= 0.3 is 5.97 Å². The van der Waals surface area contributed by atoms with E-state index < -0.39 is 34.2 Å². The van der Waals surface area contributed by atoms with Crippen LogP contribution in [0.2, 0.25) is 0 Å². The van der Waals surface area contributed by atoms with Gasteiger partial charge in [0.05, 0.1) is 29.3 Å². The Hall–Kier alpha value is -2.20. The molecule has 2 rings (SSSR count). The Labute approximate surface area is 157 Å². The summed E-state index contributed by atoms with van der Waals surface area (Å²) in [5.41, 5.74) is -0.221. The van der Waals surface area contributed by atoms with E-state index in [4.69, 9.17) is 4.74 Å². The van der Waals surface area contributed by atoms with Crippen LogP contribution < -0.4 is 9.04 Å². The zero-order chi connectivity index (χ0) is 19.5. The third kappa shape index (κ3) is 4.13. The second-order valence-electron chi connectivity index (χ2n) is 4.98. The molecule has 0 atom stereocenters. The van der Waals surface area contributed by atoms with E-state index in [-0.39, 0.29) is 10.6 Å². The molecule has 0 radical (unpaired) electrons. The summed E-state index contributed by atoms with van der Waals surface area (Å²) in [7, 11) is -1.78. The lowest BCUT2D eigenvalue weighted by Crippen LogP contribution is -2.36. The van der Waals surface area contributed by atoms with Crippen LogP contribution in [0.3, 0.4) is 0 Å². The van der Waals surface area contributed by atoms with Gasteiger partial charge in [-0.3, -0.25) is 9.10 Å². The van der Waals surface area contributed by atoms with E-state index in [2.05, 4.69) is 20.7 Å². The largest absolute Gasteiger partial charge is 0.496 e. The number of carbonyl (C=O) groups is 1. The van der Waals surface area contributed by atoms with Gasteiger partial charge in [-0.25, -0.2) is 17.2 Å². The number of nitrogens with zero attached hydrogens (tertiary/aromatic N) is 1. The van der Waals surface area contributed by atoms with Gasteiger partial charge in [0.2, 0.25) is 0 Å². The standard InChI is InChI=1S/C16H14BrF2NO5S/c1-24-15-6-4-11(8-12(15)17)26(22,23)20(9-16(21)25-2)10-3-5-13(18)14(19)7-10/h3-8H,9H2,1-2H3. The minimum absolute atomic E-state index is 0.182. The van der Waals surface area contributed by atoms with Crippen LogP contribution in [0.1, 0.15) is 0 Å². The summed E-state index contributed by atoms with van der Waals surface area (Å²) < 4.78 is 63.3. The number of hydrogen-bond acceptors (Lipinski definition) is 5. The van der Waals surface area contributed by atoms with Crippen molar-refractivity contribution in [2.75, 3.05) is 25.1 Å². The van der Waals surface area contributed by atoms with E-state index in [0.29, 0.717) is 20.6 Å². The average Bonchev–Trinajstić information content (AvgIpc) is 2.61. The zero-order valence-electron chi connectivity index (χ0n) is 13.7. The Morgan fingerprint density at radius 1 is 1.12 bits per heavy atom. The number of benzene rings is 2. The Bertz CT molecular complexity index is 936. The van der Waals surface area contributed by atoms with Crippen LogP contribution in [0, 0.1) is 11.6 Å². The van der Waals surface area contributed by atoms with Crippen molar-refractivity contribution < 1.29 is 31.5 Å². The van der Waals surface area contributed by atoms with Gasteiger partial charge in [-0.15, -0.1) is 0 Å². The summed E-state index contributed by atoms with van der Waals surface area (Å²) in [6.45, 7) is -0.715. The maximum absolute atomic E-state index is 13.6. The summed E-state index contributed by atoms with van der Waals surface area (Å²) in [6.07, 6.45) is 0. The second-order valence-corrected chi connectivity index (χ2v) is 7.70. The quantitative estimate of drug-likeness (QED) is 0.633. The molecule has 0 heterocycles. The van der Waals surface area contributed by atoms with E-state index in [1.807, 2.05) is 0 Å². The first-order valence-electron chi connectivity index (χ1n) is 7.09. The van der Waals surface area contributed by atoms with Gasteiger partial charge in [0.25, 0.3) is 10.0 Å². The monoisotopic (exact) mass is 449 g/mol. The molecule has 0 spiro atoms. The van der Waals surface area contributed by atoms with Crippen molar-refractivity contribution in [2.24, 2.45) is 0 Å². The van der Waals surface area contributed by atoms with Crippen molar-refractivity contribution in [3.8, 4) is 5.75 Å². The van der Waals surface area contributed by atoms with E-state index in [9.17, 15) is 22.0 Å². The summed E-state index contributed by atoms with van der Waals surface area (Å²) in [6, 6.07) is 6.47. The summed E-state index contributed by atoms with van der Waals surface area (Å²) in [5.74, 6) is -2.86. The molecule has 0 bridgehead atoms. The van der Waals surface area contributed by atoms with Crippen LogP contribution in [0.15, 0.2) is 45.8 Å². The molecule has 0 fully saturated rings. The Morgan fingerprint density at radius 3 is 2.35 bits per heavy atom. The number of carbonyl (C=O) groups excluding carboxylic acids is 1. The van der Waals surface area contributed by atoms with Crippen LogP contribution in [0.25, 0.3) is 0 Å². The molecule has 0 aliphatic heterocycles. The number of hydrogen-bond donors (Lipinski definition) is 0. The van der Waals surface area contributed by atoms with Gasteiger partial charge in [-0.05, 0) is 46.3 Å². The predicted molar refractivity (Wildman–Crippen MR) is 93.6 cm³/mol. The number of ether oxygens (including phenoxy) is 2. The van der Waals surface area contributed by atoms with Gasteiger partial charge < -0.3 is 9.47 Å².